The second-order valence-electron chi connectivity index (χ2n) is 5.51. The van der Waals surface area contributed by atoms with E-state index in [2.05, 4.69) is 0 Å². The van der Waals surface area contributed by atoms with Crippen molar-refractivity contribution in [3.05, 3.63) is 29.8 Å². The van der Waals surface area contributed by atoms with Gasteiger partial charge in [-0.05, 0) is 43.9 Å². The Balaban J connectivity index is 0.00000220. The molecule has 1 saturated heterocycles. The minimum atomic E-state index is 0. The van der Waals surface area contributed by atoms with Gasteiger partial charge in [-0.15, -0.1) is 12.4 Å². The zero-order chi connectivity index (χ0) is 14.4. The lowest BCUT2D eigenvalue weighted by molar-refractivity contribution is -0.130. The van der Waals surface area contributed by atoms with E-state index in [0.717, 1.165) is 38.1 Å². The average Bonchev–Trinajstić information content (AvgIpc) is 2.85. The van der Waals surface area contributed by atoms with Crippen LogP contribution in [-0.4, -0.2) is 36.5 Å². The third-order valence-corrected chi connectivity index (χ3v) is 3.62. The predicted octanol–water partition coefficient (Wildman–Crippen LogP) is 2.53. The third kappa shape index (κ3) is 5.94. The molecule has 0 bridgehead atoms. The Hall–Kier alpha value is -1.26. The van der Waals surface area contributed by atoms with Gasteiger partial charge in [-0.1, -0.05) is 12.1 Å². The van der Waals surface area contributed by atoms with Crippen LogP contribution in [0.4, 0.5) is 0 Å². The molecule has 2 rings (SSSR count). The summed E-state index contributed by atoms with van der Waals surface area (Å²) < 4.78 is 5.67. The summed E-state index contributed by atoms with van der Waals surface area (Å²) in [5.41, 5.74) is 7.00. The molecule has 0 aromatic heterocycles. The van der Waals surface area contributed by atoms with Crippen LogP contribution < -0.4 is 10.5 Å². The van der Waals surface area contributed by atoms with E-state index in [1.807, 2.05) is 36.1 Å². The predicted molar refractivity (Wildman–Crippen MR) is 86.9 cm³/mol. The number of halogens is 1. The number of unbranched alkanes of at least 4 members (excludes halogenated alkanes) is 1. The van der Waals surface area contributed by atoms with Crippen LogP contribution in [-0.2, 0) is 4.79 Å². The summed E-state index contributed by atoms with van der Waals surface area (Å²) in [6.07, 6.45) is 3.31. The quantitative estimate of drug-likeness (QED) is 0.821. The summed E-state index contributed by atoms with van der Waals surface area (Å²) >= 11 is 0. The minimum Gasteiger partial charge on any atom is -0.494 e. The SMILES string of the molecule is Cc1cccc(OCCCCC(=O)N2CC[C@@H](N)C2)c1.Cl. The number of aryl methyl sites for hydroxylation is 1. The Morgan fingerprint density at radius 2 is 2.24 bits per heavy atom. The van der Waals surface area contributed by atoms with Crippen molar-refractivity contribution in [2.45, 2.75) is 38.6 Å². The summed E-state index contributed by atoms with van der Waals surface area (Å²) in [5.74, 6) is 1.13. The molecule has 1 aromatic rings. The number of likely N-dealkylation sites (tertiary alicyclic amines) is 1. The molecule has 4 nitrogen and oxygen atoms in total. The molecule has 1 aliphatic heterocycles. The first-order valence-electron chi connectivity index (χ1n) is 7.38. The van der Waals surface area contributed by atoms with Crippen molar-refractivity contribution >= 4 is 18.3 Å². The largest absolute Gasteiger partial charge is 0.494 e. The standard InChI is InChI=1S/C16H24N2O2.ClH/c1-13-5-4-6-15(11-13)20-10-3-2-7-16(19)18-9-8-14(17)12-18;/h4-6,11,14H,2-3,7-10,12,17H2,1H3;1H/t14-;/m1./s1. The summed E-state index contributed by atoms with van der Waals surface area (Å²) in [5, 5.41) is 0. The highest BCUT2D eigenvalue weighted by molar-refractivity contribution is 5.85. The van der Waals surface area contributed by atoms with Crippen LogP contribution >= 0.6 is 12.4 Å². The summed E-state index contributed by atoms with van der Waals surface area (Å²) in [6.45, 7) is 4.25. The number of ether oxygens (including phenoxy) is 1. The van der Waals surface area contributed by atoms with E-state index in [1.165, 1.54) is 5.56 Å². The van der Waals surface area contributed by atoms with E-state index in [1.54, 1.807) is 0 Å². The van der Waals surface area contributed by atoms with Gasteiger partial charge in [0, 0.05) is 25.6 Å². The topological polar surface area (TPSA) is 55.6 Å². The van der Waals surface area contributed by atoms with Gasteiger partial charge in [0.15, 0.2) is 0 Å². The van der Waals surface area contributed by atoms with Gasteiger partial charge in [0.1, 0.15) is 5.75 Å². The molecule has 5 heteroatoms. The van der Waals surface area contributed by atoms with Crippen LogP contribution in [0, 0.1) is 6.92 Å². The summed E-state index contributed by atoms with van der Waals surface area (Å²) in [6, 6.07) is 8.20. The molecular weight excluding hydrogens is 288 g/mol. The molecule has 2 N–H and O–H groups in total. The van der Waals surface area contributed by atoms with Crippen LogP contribution in [0.25, 0.3) is 0 Å². The first kappa shape index (κ1) is 17.8. The monoisotopic (exact) mass is 312 g/mol. The molecule has 1 fully saturated rings. The van der Waals surface area contributed by atoms with Gasteiger partial charge < -0.3 is 15.4 Å². The van der Waals surface area contributed by atoms with Crippen molar-refractivity contribution in [2.75, 3.05) is 19.7 Å². The van der Waals surface area contributed by atoms with Crippen molar-refractivity contribution < 1.29 is 9.53 Å². The molecule has 0 saturated carbocycles. The first-order valence-corrected chi connectivity index (χ1v) is 7.38. The van der Waals surface area contributed by atoms with E-state index in [4.69, 9.17) is 10.5 Å². The molecule has 1 amide bonds. The Kier molecular flexibility index (Phi) is 7.54. The fourth-order valence-corrected chi connectivity index (χ4v) is 2.45. The van der Waals surface area contributed by atoms with Crippen LogP contribution in [0.15, 0.2) is 24.3 Å². The van der Waals surface area contributed by atoms with Crippen molar-refractivity contribution in [3.63, 3.8) is 0 Å². The van der Waals surface area contributed by atoms with Gasteiger partial charge in [-0.25, -0.2) is 0 Å². The highest BCUT2D eigenvalue weighted by atomic mass is 35.5. The van der Waals surface area contributed by atoms with E-state index < -0.39 is 0 Å². The number of nitrogens with zero attached hydrogens (tertiary/aromatic N) is 1. The van der Waals surface area contributed by atoms with Crippen LogP contribution in [0.1, 0.15) is 31.2 Å². The Morgan fingerprint density at radius 1 is 1.43 bits per heavy atom. The molecule has 118 valence electrons. The van der Waals surface area contributed by atoms with Gasteiger partial charge in [0.05, 0.1) is 6.61 Å². The Bertz CT molecular complexity index is 454. The fraction of sp³-hybridized carbons (Fsp3) is 0.562. The molecule has 1 aliphatic rings. The average molecular weight is 313 g/mol. The second-order valence-corrected chi connectivity index (χ2v) is 5.51. The molecule has 1 aromatic carbocycles. The zero-order valence-corrected chi connectivity index (χ0v) is 13.4. The van der Waals surface area contributed by atoms with E-state index in [-0.39, 0.29) is 24.4 Å². The summed E-state index contributed by atoms with van der Waals surface area (Å²) in [4.78, 5) is 13.8. The zero-order valence-electron chi connectivity index (χ0n) is 12.6. The molecule has 0 radical (unpaired) electrons. The van der Waals surface area contributed by atoms with Crippen LogP contribution in [0.5, 0.6) is 5.75 Å². The number of hydrogen-bond acceptors (Lipinski definition) is 3. The Morgan fingerprint density at radius 3 is 2.90 bits per heavy atom. The normalized spacial score (nSPS) is 17.4. The van der Waals surface area contributed by atoms with Gasteiger partial charge in [-0.3, -0.25) is 4.79 Å². The van der Waals surface area contributed by atoms with Gasteiger partial charge >= 0.3 is 0 Å². The lowest BCUT2D eigenvalue weighted by atomic mass is 10.2. The maximum atomic E-state index is 11.9. The molecule has 1 atom stereocenters. The van der Waals surface area contributed by atoms with Gasteiger partial charge in [0.2, 0.25) is 5.91 Å². The van der Waals surface area contributed by atoms with Crippen molar-refractivity contribution in [1.29, 1.82) is 0 Å². The number of nitrogens with two attached hydrogens (primary N) is 1. The molecule has 0 spiro atoms. The summed E-state index contributed by atoms with van der Waals surface area (Å²) in [7, 11) is 0. The first-order chi connectivity index (χ1) is 9.65. The highest BCUT2D eigenvalue weighted by Gasteiger charge is 2.22. The third-order valence-electron chi connectivity index (χ3n) is 3.62. The van der Waals surface area contributed by atoms with Crippen molar-refractivity contribution in [1.82, 2.24) is 4.90 Å². The molecule has 0 unspecified atom stereocenters. The smallest absolute Gasteiger partial charge is 0.222 e. The van der Waals surface area contributed by atoms with Crippen LogP contribution in [0.3, 0.4) is 0 Å². The number of carbonyl (C=O) groups is 1. The number of hydrogen-bond donors (Lipinski definition) is 1. The Labute approximate surface area is 133 Å². The molecule has 1 heterocycles. The van der Waals surface area contributed by atoms with Gasteiger partial charge in [0.25, 0.3) is 0 Å². The number of amides is 1. The second kappa shape index (κ2) is 8.90. The lowest BCUT2D eigenvalue weighted by Gasteiger charge is -2.15. The maximum Gasteiger partial charge on any atom is 0.222 e. The molecule has 21 heavy (non-hydrogen) atoms. The van der Waals surface area contributed by atoms with E-state index >= 15 is 0 Å². The molecular formula is C16H25ClN2O2. The van der Waals surface area contributed by atoms with Crippen molar-refractivity contribution in [3.8, 4) is 5.75 Å². The maximum absolute atomic E-state index is 11.9. The number of benzene rings is 1. The van der Waals surface area contributed by atoms with Crippen LogP contribution in [0.2, 0.25) is 0 Å². The lowest BCUT2D eigenvalue weighted by Crippen LogP contribution is -2.31. The van der Waals surface area contributed by atoms with E-state index in [0.29, 0.717) is 13.0 Å². The van der Waals surface area contributed by atoms with E-state index in [9.17, 15) is 4.79 Å². The fourth-order valence-electron chi connectivity index (χ4n) is 2.45. The highest BCUT2D eigenvalue weighted by Crippen LogP contribution is 2.14. The van der Waals surface area contributed by atoms with Gasteiger partial charge in [-0.2, -0.15) is 0 Å². The molecule has 0 aliphatic carbocycles. The number of rotatable bonds is 6. The minimum absolute atomic E-state index is 0. The van der Waals surface area contributed by atoms with Crippen molar-refractivity contribution in [2.24, 2.45) is 5.73 Å². The number of carbonyl (C=O) groups excluding carboxylic acids is 1.